The van der Waals surface area contributed by atoms with E-state index < -0.39 is 0 Å². The first-order chi connectivity index (χ1) is 11.7. The van der Waals surface area contributed by atoms with Gasteiger partial charge in [-0.3, -0.25) is 4.57 Å². The van der Waals surface area contributed by atoms with Crippen molar-refractivity contribution in [3.8, 4) is 5.13 Å². The Morgan fingerprint density at radius 1 is 0.875 bits per heavy atom. The smallest absolute Gasteiger partial charge is 0.222 e. The van der Waals surface area contributed by atoms with Crippen molar-refractivity contribution in [2.24, 2.45) is 0 Å². The molecule has 0 saturated carbocycles. The molecule has 0 aliphatic heterocycles. The van der Waals surface area contributed by atoms with E-state index >= 15 is 0 Å². The van der Waals surface area contributed by atoms with Crippen LogP contribution in [-0.4, -0.2) is 19.5 Å². The maximum Gasteiger partial charge on any atom is 0.222 e. The van der Waals surface area contributed by atoms with Gasteiger partial charge in [0.2, 0.25) is 5.95 Å². The summed E-state index contributed by atoms with van der Waals surface area (Å²) in [7, 11) is 0. The fourth-order valence-corrected chi connectivity index (χ4v) is 3.99. The molecule has 116 valence electrons. The van der Waals surface area contributed by atoms with Crippen molar-refractivity contribution in [3.05, 3.63) is 48.7 Å². The number of anilines is 2. The van der Waals surface area contributed by atoms with E-state index in [1.165, 1.54) is 0 Å². The lowest BCUT2D eigenvalue weighted by Crippen LogP contribution is -2.00. The van der Waals surface area contributed by atoms with Crippen molar-refractivity contribution < 1.29 is 0 Å². The number of hydrogen-bond donors (Lipinski definition) is 2. The molecule has 3 heterocycles. The van der Waals surface area contributed by atoms with Gasteiger partial charge in [0.15, 0.2) is 5.13 Å². The van der Waals surface area contributed by atoms with Crippen molar-refractivity contribution >= 4 is 55.1 Å². The van der Waals surface area contributed by atoms with Crippen LogP contribution in [-0.2, 0) is 0 Å². The highest BCUT2D eigenvalue weighted by Crippen LogP contribution is 2.33. The minimum Gasteiger partial charge on any atom is -0.383 e. The van der Waals surface area contributed by atoms with Gasteiger partial charge >= 0.3 is 0 Å². The highest BCUT2D eigenvalue weighted by atomic mass is 32.1. The first-order valence-electron chi connectivity index (χ1n) is 7.39. The zero-order chi connectivity index (χ0) is 16.3. The zero-order valence-corrected chi connectivity index (χ0v) is 13.3. The van der Waals surface area contributed by atoms with Crippen LogP contribution in [0.25, 0.3) is 37.2 Å². The molecule has 0 unspecified atom stereocenters. The number of thiazole rings is 1. The third kappa shape index (κ3) is 1.79. The Morgan fingerprint density at radius 2 is 1.75 bits per heavy atom. The summed E-state index contributed by atoms with van der Waals surface area (Å²) in [6.45, 7) is 0. The number of nitrogens with zero attached hydrogens (tertiary/aromatic N) is 4. The van der Waals surface area contributed by atoms with Gasteiger partial charge < -0.3 is 11.5 Å². The highest BCUT2D eigenvalue weighted by molar-refractivity contribution is 7.20. The van der Waals surface area contributed by atoms with E-state index in [4.69, 9.17) is 16.5 Å². The maximum atomic E-state index is 6.08. The second-order valence-electron chi connectivity index (χ2n) is 5.51. The monoisotopic (exact) mass is 332 g/mol. The second kappa shape index (κ2) is 4.65. The first kappa shape index (κ1) is 13.3. The molecular weight excluding hydrogens is 320 g/mol. The number of nitrogen functional groups attached to an aromatic ring is 2. The minimum atomic E-state index is 0.185. The van der Waals surface area contributed by atoms with E-state index in [0.717, 1.165) is 37.2 Å². The van der Waals surface area contributed by atoms with Gasteiger partial charge in [-0.25, -0.2) is 9.97 Å². The van der Waals surface area contributed by atoms with E-state index in [0.29, 0.717) is 5.82 Å². The summed E-state index contributed by atoms with van der Waals surface area (Å²) in [6.07, 6.45) is 2.00. The quantitative estimate of drug-likeness (QED) is 0.491. The average molecular weight is 332 g/mol. The number of aromatic nitrogens is 4. The summed E-state index contributed by atoms with van der Waals surface area (Å²) in [4.78, 5) is 13.1. The Labute approximate surface area is 140 Å². The van der Waals surface area contributed by atoms with E-state index in [2.05, 4.69) is 20.6 Å². The Kier molecular flexibility index (Phi) is 2.57. The topological polar surface area (TPSA) is 95.6 Å². The molecule has 0 bridgehead atoms. The summed E-state index contributed by atoms with van der Waals surface area (Å²) < 4.78 is 3.22. The largest absolute Gasteiger partial charge is 0.383 e. The van der Waals surface area contributed by atoms with Crippen LogP contribution in [0.4, 0.5) is 11.8 Å². The Balaban J connectivity index is 1.83. The molecule has 2 aromatic carbocycles. The molecule has 5 aromatic rings. The minimum absolute atomic E-state index is 0.185. The predicted octanol–water partition coefficient (Wildman–Crippen LogP) is 3.35. The standard InChI is InChI=1S/C17H12N6S/c18-15-14-9-7-8-23(12(9)6-5-11(14)20-16(19)22-15)17-21-10-3-1-2-4-13(10)24-17/h1-8H,(H4,18,19,20,22). The Hall–Kier alpha value is -3.19. The van der Waals surface area contributed by atoms with Crippen LogP contribution < -0.4 is 11.5 Å². The van der Waals surface area contributed by atoms with E-state index in [1.807, 2.05) is 42.6 Å². The average Bonchev–Trinajstić information content (AvgIpc) is 3.17. The van der Waals surface area contributed by atoms with Crippen molar-refractivity contribution in [2.75, 3.05) is 11.5 Å². The number of rotatable bonds is 1. The third-order valence-electron chi connectivity index (χ3n) is 4.07. The van der Waals surface area contributed by atoms with Gasteiger partial charge in [-0.2, -0.15) is 4.98 Å². The van der Waals surface area contributed by atoms with Crippen molar-refractivity contribution in [3.63, 3.8) is 0 Å². The molecule has 0 fully saturated rings. The van der Waals surface area contributed by atoms with Crippen molar-refractivity contribution in [2.45, 2.75) is 0 Å². The van der Waals surface area contributed by atoms with Gasteiger partial charge in [-0.1, -0.05) is 23.5 Å². The number of fused-ring (bicyclic) bond motifs is 4. The molecule has 0 radical (unpaired) electrons. The molecule has 5 rings (SSSR count). The van der Waals surface area contributed by atoms with Crippen LogP contribution in [0.2, 0.25) is 0 Å². The fourth-order valence-electron chi connectivity index (χ4n) is 3.03. The van der Waals surface area contributed by atoms with Crippen LogP contribution >= 0.6 is 11.3 Å². The molecular formula is C17H12N6S. The van der Waals surface area contributed by atoms with Crippen LogP contribution in [0, 0.1) is 0 Å². The summed E-state index contributed by atoms with van der Waals surface area (Å²) in [6, 6.07) is 14.0. The number of hydrogen-bond acceptors (Lipinski definition) is 6. The summed E-state index contributed by atoms with van der Waals surface area (Å²) in [5, 5.41) is 2.73. The normalized spacial score (nSPS) is 11.7. The van der Waals surface area contributed by atoms with Gasteiger partial charge in [0, 0.05) is 11.6 Å². The van der Waals surface area contributed by atoms with Gasteiger partial charge in [0.1, 0.15) is 5.82 Å². The number of benzene rings is 2. The molecule has 6 nitrogen and oxygen atoms in total. The summed E-state index contributed by atoms with van der Waals surface area (Å²) in [5.41, 5.74) is 14.5. The summed E-state index contributed by atoms with van der Waals surface area (Å²) >= 11 is 1.65. The summed E-state index contributed by atoms with van der Waals surface area (Å²) in [5.74, 6) is 0.579. The lowest BCUT2D eigenvalue weighted by molar-refractivity contribution is 1.10. The van der Waals surface area contributed by atoms with Crippen LogP contribution in [0.3, 0.4) is 0 Å². The van der Waals surface area contributed by atoms with Gasteiger partial charge in [-0.15, -0.1) is 0 Å². The highest BCUT2D eigenvalue weighted by Gasteiger charge is 2.13. The predicted molar refractivity (Wildman–Crippen MR) is 98.4 cm³/mol. The Bertz CT molecular complexity index is 1200. The van der Waals surface area contributed by atoms with Crippen molar-refractivity contribution in [1.29, 1.82) is 0 Å². The molecule has 0 saturated heterocycles. The lowest BCUT2D eigenvalue weighted by Gasteiger charge is -2.05. The zero-order valence-electron chi connectivity index (χ0n) is 12.5. The van der Waals surface area contributed by atoms with Crippen LogP contribution in [0.15, 0.2) is 48.7 Å². The van der Waals surface area contributed by atoms with Crippen LogP contribution in [0.1, 0.15) is 0 Å². The van der Waals surface area contributed by atoms with Crippen LogP contribution in [0.5, 0.6) is 0 Å². The van der Waals surface area contributed by atoms with E-state index in [1.54, 1.807) is 11.3 Å². The second-order valence-corrected chi connectivity index (χ2v) is 6.52. The van der Waals surface area contributed by atoms with Gasteiger partial charge in [0.25, 0.3) is 0 Å². The maximum absolute atomic E-state index is 6.08. The van der Waals surface area contributed by atoms with E-state index in [-0.39, 0.29) is 5.95 Å². The number of para-hydroxylation sites is 1. The molecule has 0 atom stereocenters. The molecule has 24 heavy (non-hydrogen) atoms. The number of nitrogens with two attached hydrogens (primary N) is 2. The Morgan fingerprint density at radius 3 is 2.62 bits per heavy atom. The SMILES string of the molecule is Nc1nc(N)c2c(ccc3c2ccn3-c2nc3ccccc3s2)n1. The van der Waals surface area contributed by atoms with E-state index in [9.17, 15) is 0 Å². The molecule has 3 aromatic heterocycles. The first-order valence-corrected chi connectivity index (χ1v) is 8.21. The lowest BCUT2D eigenvalue weighted by atomic mass is 10.1. The molecule has 0 amide bonds. The molecule has 7 heteroatoms. The third-order valence-corrected chi connectivity index (χ3v) is 5.10. The van der Waals surface area contributed by atoms with Crippen molar-refractivity contribution in [1.82, 2.24) is 19.5 Å². The molecule has 0 aliphatic rings. The molecule has 0 spiro atoms. The molecule has 0 aliphatic carbocycles. The van der Waals surface area contributed by atoms with Gasteiger partial charge in [-0.05, 0) is 30.3 Å². The van der Waals surface area contributed by atoms with Gasteiger partial charge in [0.05, 0.1) is 26.6 Å². The molecule has 4 N–H and O–H groups in total. The fraction of sp³-hybridized carbons (Fsp3) is 0.